The predicted octanol–water partition coefficient (Wildman–Crippen LogP) is 2.68. The molecule has 1 spiro atoms. The molecule has 0 bridgehead atoms. The fourth-order valence-electron chi connectivity index (χ4n) is 2.95. The number of halogens is 2. The summed E-state index contributed by atoms with van der Waals surface area (Å²) in [6.07, 6.45) is 4.76. The molecule has 4 heteroatoms. The van der Waals surface area contributed by atoms with Crippen molar-refractivity contribution in [3.8, 4) is 0 Å². The molecule has 3 rings (SSSR count). The predicted molar refractivity (Wildman–Crippen MR) is 56.4 cm³/mol. The molecular weight excluding hydrogens is 212 g/mol. The number of hydrogen-bond donors (Lipinski definition) is 1. The first kappa shape index (κ1) is 10.9. The van der Waals surface area contributed by atoms with Crippen LogP contribution >= 0.6 is 0 Å². The van der Waals surface area contributed by atoms with Gasteiger partial charge in [-0.3, -0.25) is 5.32 Å². The van der Waals surface area contributed by atoms with Crippen molar-refractivity contribution in [2.75, 3.05) is 6.54 Å². The van der Waals surface area contributed by atoms with Crippen molar-refractivity contribution in [3.05, 3.63) is 0 Å². The maximum Gasteiger partial charge on any atom is 0.248 e. The molecule has 2 nitrogen and oxygen atoms in total. The van der Waals surface area contributed by atoms with Crippen molar-refractivity contribution < 1.29 is 13.5 Å². The zero-order valence-electron chi connectivity index (χ0n) is 9.48. The maximum absolute atomic E-state index is 13.1. The average Bonchev–Trinajstić information content (AvgIpc) is 3.08. The van der Waals surface area contributed by atoms with Gasteiger partial charge in [-0.05, 0) is 38.0 Å². The van der Waals surface area contributed by atoms with Gasteiger partial charge in [0.2, 0.25) is 5.92 Å². The normalized spacial score (nSPS) is 37.5. The highest BCUT2D eigenvalue weighted by atomic mass is 19.3. The Morgan fingerprint density at radius 1 is 1.00 bits per heavy atom. The van der Waals surface area contributed by atoms with Crippen LogP contribution in [0, 0.1) is 5.92 Å². The highest BCUT2D eigenvalue weighted by Crippen LogP contribution is 2.45. The fraction of sp³-hybridized carbons (Fsp3) is 1.00. The molecule has 0 aromatic rings. The smallest absolute Gasteiger partial charge is 0.248 e. The van der Waals surface area contributed by atoms with Gasteiger partial charge in [-0.25, -0.2) is 8.78 Å². The average molecular weight is 231 g/mol. The van der Waals surface area contributed by atoms with E-state index in [4.69, 9.17) is 4.74 Å². The van der Waals surface area contributed by atoms with Crippen LogP contribution in [0.3, 0.4) is 0 Å². The highest BCUT2D eigenvalue weighted by molar-refractivity contribution is 4.95. The first-order chi connectivity index (χ1) is 7.59. The Balaban J connectivity index is 1.64. The second-order valence-electron chi connectivity index (χ2n) is 5.56. The number of rotatable bonds is 1. The molecule has 2 aliphatic carbocycles. The first-order valence-electron chi connectivity index (χ1n) is 6.39. The molecule has 0 amide bonds. The third kappa shape index (κ3) is 2.09. The van der Waals surface area contributed by atoms with Gasteiger partial charge in [0.1, 0.15) is 5.72 Å². The summed E-state index contributed by atoms with van der Waals surface area (Å²) >= 11 is 0. The Bertz CT molecular complexity index is 268. The van der Waals surface area contributed by atoms with E-state index in [0.717, 1.165) is 13.0 Å². The molecule has 0 radical (unpaired) electrons. The van der Waals surface area contributed by atoms with Gasteiger partial charge >= 0.3 is 0 Å². The summed E-state index contributed by atoms with van der Waals surface area (Å²) in [5.41, 5.74) is -0.423. The van der Waals surface area contributed by atoms with Crippen molar-refractivity contribution in [1.82, 2.24) is 5.32 Å². The minimum Gasteiger partial charge on any atom is -0.357 e. The molecule has 16 heavy (non-hydrogen) atoms. The van der Waals surface area contributed by atoms with Gasteiger partial charge in [-0.2, -0.15) is 0 Å². The zero-order chi connectivity index (χ0) is 11.2. The third-order valence-electron chi connectivity index (χ3n) is 4.19. The molecule has 3 aliphatic rings. The van der Waals surface area contributed by atoms with E-state index in [0.29, 0.717) is 24.9 Å². The molecule has 1 aliphatic heterocycles. The lowest BCUT2D eigenvalue weighted by Gasteiger charge is -2.46. The van der Waals surface area contributed by atoms with Crippen molar-refractivity contribution in [1.29, 1.82) is 0 Å². The van der Waals surface area contributed by atoms with Crippen LogP contribution in [0.1, 0.15) is 44.9 Å². The summed E-state index contributed by atoms with van der Waals surface area (Å²) in [6, 6.07) is 0. The van der Waals surface area contributed by atoms with E-state index in [1.165, 1.54) is 12.8 Å². The van der Waals surface area contributed by atoms with E-state index < -0.39 is 11.6 Å². The van der Waals surface area contributed by atoms with Crippen molar-refractivity contribution in [2.24, 2.45) is 5.92 Å². The lowest BCUT2D eigenvalue weighted by Crippen LogP contribution is -2.58. The standard InChI is InChI=1S/C12H19F2NO/c13-11(14)4-6-12(7-5-11)15-8-3-10(16-12)9-1-2-9/h9-10,15H,1-8H2. The number of nitrogens with one attached hydrogen (secondary N) is 1. The van der Waals surface area contributed by atoms with Crippen molar-refractivity contribution >= 4 is 0 Å². The largest absolute Gasteiger partial charge is 0.357 e. The molecule has 1 saturated heterocycles. The molecule has 1 unspecified atom stereocenters. The lowest BCUT2D eigenvalue weighted by molar-refractivity contribution is -0.194. The Labute approximate surface area is 94.7 Å². The maximum atomic E-state index is 13.1. The van der Waals surface area contributed by atoms with E-state index in [1.807, 2.05) is 0 Å². The second kappa shape index (κ2) is 3.64. The zero-order valence-corrected chi connectivity index (χ0v) is 9.48. The van der Waals surface area contributed by atoms with E-state index in [9.17, 15) is 8.78 Å². The monoisotopic (exact) mass is 231 g/mol. The van der Waals surface area contributed by atoms with Crippen LogP contribution in [0.25, 0.3) is 0 Å². The van der Waals surface area contributed by atoms with Crippen LogP contribution in [0.15, 0.2) is 0 Å². The Morgan fingerprint density at radius 2 is 1.69 bits per heavy atom. The van der Waals surface area contributed by atoms with Crippen LogP contribution in [-0.2, 0) is 4.74 Å². The first-order valence-corrected chi connectivity index (χ1v) is 6.39. The molecule has 92 valence electrons. The molecule has 1 heterocycles. The third-order valence-corrected chi connectivity index (χ3v) is 4.19. The van der Waals surface area contributed by atoms with Crippen LogP contribution < -0.4 is 5.32 Å². The summed E-state index contributed by atoms with van der Waals surface area (Å²) in [5, 5.41) is 3.33. The summed E-state index contributed by atoms with van der Waals surface area (Å²) in [5.74, 6) is -1.76. The van der Waals surface area contributed by atoms with Crippen LogP contribution in [0.5, 0.6) is 0 Å². The fourth-order valence-corrected chi connectivity index (χ4v) is 2.95. The van der Waals surface area contributed by atoms with E-state index in [1.54, 1.807) is 0 Å². The summed E-state index contributed by atoms with van der Waals surface area (Å²) in [4.78, 5) is 0. The highest BCUT2D eigenvalue weighted by Gasteiger charge is 2.48. The number of hydrogen-bond acceptors (Lipinski definition) is 2. The molecule has 3 fully saturated rings. The van der Waals surface area contributed by atoms with Gasteiger partial charge in [-0.1, -0.05) is 0 Å². The SMILES string of the molecule is FC1(F)CCC2(CC1)NCCC(C1CC1)O2. The van der Waals surface area contributed by atoms with Gasteiger partial charge in [0.25, 0.3) is 0 Å². The summed E-state index contributed by atoms with van der Waals surface area (Å²) < 4.78 is 32.3. The molecule has 0 aromatic heterocycles. The van der Waals surface area contributed by atoms with E-state index >= 15 is 0 Å². The number of ether oxygens (including phenoxy) is 1. The van der Waals surface area contributed by atoms with E-state index in [2.05, 4.69) is 5.32 Å². The molecule has 1 N–H and O–H groups in total. The van der Waals surface area contributed by atoms with E-state index in [-0.39, 0.29) is 12.8 Å². The van der Waals surface area contributed by atoms with Gasteiger partial charge in [0.05, 0.1) is 6.10 Å². The Morgan fingerprint density at radius 3 is 2.31 bits per heavy atom. The van der Waals surface area contributed by atoms with Gasteiger partial charge in [0, 0.05) is 19.4 Å². The van der Waals surface area contributed by atoms with Crippen LogP contribution in [0.4, 0.5) is 8.78 Å². The summed E-state index contributed by atoms with van der Waals surface area (Å²) in [7, 11) is 0. The Kier molecular flexibility index (Phi) is 2.48. The van der Waals surface area contributed by atoms with Crippen LogP contribution in [-0.4, -0.2) is 24.3 Å². The van der Waals surface area contributed by atoms with Crippen LogP contribution in [0.2, 0.25) is 0 Å². The van der Waals surface area contributed by atoms with Gasteiger partial charge < -0.3 is 4.74 Å². The van der Waals surface area contributed by atoms with Gasteiger partial charge in [-0.15, -0.1) is 0 Å². The molecule has 0 aromatic carbocycles. The van der Waals surface area contributed by atoms with Gasteiger partial charge in [0.15, 0.2) is 0 Å². The van der Waals surface area contributed by atoms with Crippen molar-refractivity contribution in [3.63, 3.8) is 0 Å². The van der Waals surface area contributed by atoms with Crippen molar-refractivity contribution in [2.45, 2.75) is 62.7 Å². The lowest BCUT2D eigenvalue weighted by atomic mass is 9.87. The minimum atomic E-state index is -2.47. The number of alkyl halides is 2. The molecule has 2 saturated carbocycles. The second-order valence-corrected chi connectivity index (χ2v) is 5.56. The quantitative estimate of drug-likeness (QED) is 0.749. The summed E-state index contributed by atoms with van der Waals surface area (Å²) in [6.45, 7) is 0.923. The Hall–Kier alpha value is -0.220. The molecule has 1 atom stereocenters. The topological polar surface area (TPSA) is 21.3 Å². The molecular formula is C12H19F2NO. The minimum absolute atomic E-state index is 0.0304.